The standard InChI is InChI=1S/C23H29BrClN3O4S/c1-26-20(30)16-17-22(32)28(10-6-2-3-7-11-29)19(23(17)12-13(24)18(16)33-23)21(31)27-15-9-5-4-8-14(15)25/h4-5,8-9,13,16-19,29H,2-3,6-7,10-12H2,1H3,(H,26,30)(H,27,31)/t13?,16-,17+,18-,19?,23?/m1/s1. The van der Waals surface area contributed by atoms with Gasteiger partial charge in [-0.15, -0.1) is 11.8 Å². The van der Waals surface area contributed by atoms with E-state index in [1.807, 2.05) is 0 Å². The number of benzene rings is 1. The number of hydrogen-bond donors (Lipinski definition) is 3. The van der Waals surface area contributed by atoms with Gasteiger partial charge in [-0.05, 0) is 31.4 Å². The number of anilines is 1. The van der Waals surface area contributed by atoms with Crippen LogP contribution in [0.5, 0.6) is 0 Å². The molecular formula is C23H29BrClN3O4S. The van der Waals surface area contributed by atoms with E-state index in [2.05, 4.69) is 26.6 Å². The van der Waals surface area contributed by atoms with Gasteiger partial charge >= 0.3 is 0 Å². The van der Waals surface area contributed by atoms with Crippen molar-refractivity contribution < 1.29 is 19.5 Å². The van der Waals surface area contributed by atoms with E-state index in [4.69, 9.17) is 16.7 Å². The Bertz CT molecular complexity index is 937. The molecule has 3 aliphatic rings. The highest BCUT2D eigenvalue weighted by Gasteiger charge is 2.75. The predicted molar refractivity (Wildman–Crippen MR) is 134 cm³/mol. The van der Waals surface area contributed by atoms with Crippen molar-refractivity contribution >= 4 is 62.7 Å². The molecule has 3 amide bonds. The second kappa shape index (κ2) is 10.1. The number of para-hydroxylation sites is 1. The van der Waals surface area contributed by atoms with Crippen LogP contribution in [0.15, 0.2) is 24.3 Å². The summed E-state index contributed by atoms with van der Waals surface area (Å²) in [4.78, 5) is 42.0. The number of thioether (sulfide) groups is 1. The molecule has 3 fully saturated rings. The minimum absolute atomic E-state index is 0.0500. The number of unbranched alkanes of at least 4 members (excludes halogenated alkanes) is 3. The lowest BCUT2D eigenvalue weighted by Gasteiger charge is -2.35. The monoisotopic (exact) mass is 557 g/mol. The van der Waals surface area contributed by atoms with Gasteiger partial charge in [0.2, 0.25) is 17.7 Å². The highest BCUT2D eigenvalue weighted by atomic mass is 79.9. The number of halogens is 2. The number of nitrogens with zero attached hydrogens (tertiary/aromatic N) is 1. The molecule has 1 spiro atoms. The molecule has 6 atom stereocenters. The van der Waals surface area contributed by atoms with E-state index < -0.39 is 22.6 Å². The van der Waals surface area contributed by atoms with E-state index >= 15 is 0 Å². The molecule has 3 saturated heterocycles. The maximum absolute atomic E-state index is 13.7. The van der Waals surface area contributed by atoms with E-state index in [9.17, 15) is 14.4 Å². The topological polar surface area (TPSA) is 98.7 Å². The van der Waals surface area contributed by atoms with Crippen LogP contribution in [0.1, 0.15) is 32.1 Å². The average Bonchev–Trinajstić information content (AvgIpc) is 3.38. The van der Waals surface area contributed by atoms with Gasteiger partial charge in [0.05, 0.1) is 27.3 Å². The first kappa shape index (κ1) is 24.8. The third kappa shape index (κ3) is 4.30. The molecule has 10 heteroatoms. The molecule has 1 aromatic carbocycles. The minimum atomic E-state index is -0.686. The third-order valence-corrected chi connectivity index (χ3v) is 10.6. The molecule has 3 heterocycles. The number of rotatable bonds is 9. The van der Waals surface area contributed by atoms with Crippen LogP contribution in [-0.2, 0) is 14.4 Å². The zero-order valence-corrected chi connectivity index (χ0v) is 21.6. The fourth-order valence-corrected chi connectivity index (χ4v) is 9.44. The number of carbonyl (C=O) groups excluding carboxylic acids is 3. The molecule has 1 aromatic rings. The first-order valence-electron chi connectivity index (χ1n) is 11.4. The SMILES string of the molecule is CNC(=O)[C@H]1[C@@H]2SC3(CC2Br)C(C(=O)Nc2ccccc2Cl)N(CCCCCCO)C(=O)[C@H]13. The smallest absolute Gasteiger partial charge is 0.248 e. The van der Waals surface area contributed by atoms with Crippen LogP contribution in [0.2, 0.25) is 5.02 Å². The Morgan fingerprint density at radius 3 is 2.67 bits per heavy atom. The number of hydrogen-bond acceptors (Lipinski definition) is 5. The number of likely N-dealkylation sites (tertiary alicyclic amines) is 1. The van der Waals surface area contributed by atoms with Crippen molar-refractivity contribution in [3.8, 4) is 0 Å². The van der Waals surface area contributed by atoms with Crippen molar-refractivity contribution in [2.75, 3.05) is 25.5 Å². The molecule has 3 unspecified atom stereocenters. The van der Waals surface area contributed by atoms with Gasteiger partial charge in [-0.2, -0.15) is 0 Å². The zero-order chi connectivity index (χ0) is 23.8. The van der Waals surface area contributed by atoms with E-state index in [1.54, 1.807) is 48.0 Å². The second-order valence-electron chi connectivity index (χ2n) is 8.92. The van der Waals surface area contributed by atoms with Gasteiger partial charge in [0.1, 0.15) is 6.04 Å². The van der Waals surface area contributed by atoms with Crippen LogP contribution in [0.3, 0.4) is 0 Å². The Morgan fingerprint density at radius 2 is 1.97 bits per heavy atom. The lowest BCUT2D eigenvalue weighted by atomic mass is 9.70. The van der Waals surface area contributed by atoms with Crippen molar-refractivity contribution in [2.24, 2.45) is 11.8 Å². The van der Waals surface area contributed by atoms with Crippen molar-refractivity contribution in [3.63, 3.8) is 0 Å². The largest absolute Gasteiger partial charge is 0.396 e. The van der Waals surface area contributed by atoms with Gasteiger partial charge in [-0.25, -0.2) is 0 Å². The molecule has 180 valence electrons. The van der Waals surface area contributed by atoms with Gasteiger partial charge in [0.25, 0.3) is 0 Å². The number of aliphatic hydroxyl groups is 1. The summed E-state index contributed by atoms with van der Waals surface area (Å²) >= 11 is 11.6. The summed E-state index contributed by atoms with van der Waals surface area (Å²) in [7, 11) is 1.59. The molecular weight excluding hydrogens is 530 g/mol. The quantitative estimate of drug-likeness (QED) is 0.320. The fourth-order valence-electron chi connectivity index (χ4n) is 5.65. The first-order valence-corrected chi connectivity index (χ1v) is 13.5. The molecule has 0 aromatic heterocycles. The van der Waals surface area contributed by atoms with Crippen LogP contribution >= 0.6 is 39.3 Å². The molecule has 33 heavy (non-hydrogen) atoms. The van der Waals surface area contributed by atoms with Crippen molar-refractivity contribution in [1.29, 1.82) is 0 Å². The molecule has 3 N–H and O–H groups in total. The van der Waals surface area contributed by atoms with Gasteiger partial charge in [0, 0.05) is 30.3 Å². The summed E-state index contributed by atoms with van der Waals surface area (Å²) in [6.07, 6.45) is 3.83. The first-order chi connectivity index (χ1) is 15.9. The molecule has 3 aliphatic heterocycles. The molecule has 2 bridgehead atoms. The summed E-state index contributed by atoms with van der Waals surface area (Å²) in [5, 5.41) is 15.1. The predicted octanol–water partition coefficient (Wildman–Crippen LogP) is 3.04. The fraction of sp³-hybridized carbons (Fsp3) is 0.609. The summed E-state index contributed by atoms with van der Waals surface area (Å²) in [6.45, 7) is 0.594. The Balaban J connectivity index is 1.65. The summed E-state index contributed by atoms with van der Waals surface area (Å²) in [5.41, 5.74) is 0.509. The van der Waals surface area contributed by atoms with Crippen LogP contribution in [0, 0.1) is 11.8 Å². The van der Waals surface area contributed by atoms with Crippen LogP contribution in [0.25, 0.3) is 0 Å². The molecule has 0 aliphatic carbocycles. The maximum atomic E-state index is 13.7. The molecule has 0 radical (unpaired) electrons. The van der Waals surface area contributed by atoms with E-state index in [1.165, 1.54) is 0 Å². The lowest BCUT2D eigenvalue weighted by Crippen LogP contribution is -2.53. The van der Waals surface area contributed by atoms with Crippen LogP contribution in [0.4, 0.5) is 5.69 Å². The Morgan fingerprint density at radius 1 is 1.24 bits per heavy atom. The Hall–Kier alpha value is -1.29. The highest BCUT2D eigenvalue weighted by molar-refractivity contribution is 9.09. The number of carbonyl (C=O) groups is 3. The third-order valence-electron chi connectivity index (χ3n) is 7.03. The van der Waals surface area contributed by atoms with Gasteiger partial charge < -0.3 is 20.6 Å². The minimum Gasteiger partial charge on any atom is -0.396 e. The van der Waals surface area contributed by atoms with Crippen LogP contribution < -0.4 is 10.6 Å². The average molecular weight is 559 g/mol. The van der Waals surface area contributed by atoms with Gasteiger partial charge in [0.15, 0.2) is 0 Å². The molecule has 4 rings (SSSR count). The number of aliphatic hydroxyl groups excluding tert-OH is 1. The van der Waals surface area contributed by atoms with Crippen molar-refractivity contribution in [1.82, 2.24) is 10.2 Å². The number of amides is 3. The van der Waals surface area contributed by atoms with Crippen molar-refractivity contribution in [3.05, 3.63) is 29.3 Å². The van der Waals surface area contributed by atoms with Crippen molar-refractivity contribution in [2.45, 2.75) is 53.0 Å². The molecule has 7 nitrogen and oxygen atoms in total. The van der Waals surface area contributed by atoms with E-state index in [-0.39, 0.29) is 34.4 Å². The normalized spacial score (nSPS) is 32.2. The summed E-state index contributed by atoms with van der Waals surface area (Å²) in [5.74, 6) is -1.52. The van der Waals surface area contributed by atoms with Crippen LogP contribution in [-0.4, -0.2) is 68.8 Å². The summed E-state index contributed by atoms with van der Waals surface area (Å²) < 4.78 is -0.663. The number of nitrogens with one attached hydrogen (secondary N) is 2. The second-order valence-corrected chi connectivity index (χ2v) is 12.0. The van der Waals surface area contributed by atoms with Gasteiger partial charge in [-0.3, -0.25) is 14.4 Å². The van der Waals surface area contributed by atoms with E-state index in [0.717, 1.165) is 25.7 Å². The zero-order valence-electron chi connectivity index (χ0n) is 18.4. The number of alkyl halides is 1. The Labute approximate surface area is 211 Å². The Kier molecular flexibility index (Phi) is 7.63. The lowest BCUT2D eigenvalue weighted by molar-refractivity contribution is -0.139. The maximum Gasteiger partial charge on any atom is 0.248 e. The van der Waals surface area contributed by atoms with Gasteiger partial charge in [-0.1, -0.05) is 52.5 Å². The molecule has 0 saturated carbocycles. The van der Waals surface area contributed by atoms with E-state index in [0.29, 0.717) is 23.7 Å². The summed E-state index contributed by atoms with van der Waals surface area (Å²) in [6, 6.07) is 6.36. The number of fused-ring (bicyclic) bond motifs is 1. The highest BCUT2D eigenvalue weighted by Crippen LogP contribution is 2.67.